The Kier molecular flexibility index (Phi) is 5.56. The first-order chi connectivity index (χ1) is 12.2. The zero-order valence-electron chi connectivity index (χ0n) is 14.0. The van der Waals surface area contributed by atoms with Crippen molar-refractivity contribution in [2.75, 3.05) is 42.9 Å². The van der Waals surface area contributed by atoms with Gasteiger partial charge in [-0.15, -0.1) is 6.58 Å². The highest BCUT2D eigenvalue weighted by Gasteiger charge is 2.22. The smallest absolute Gasteiger partial charge is 0.255 e. The summed E-state index contributed by atoms with van der Waals surface area (Å²) in [7, 11) is 0. The van der Waals surface area contributed by atoms with Crippen molar-refractivity contribution in [1.82, 2.24) is 9.88 Å². The van der Waals surface area contributed by atoms with E-state index < -0.39 is 0 Å². The van der Waals surface area contributed by atoms with E-state index in [0.29, 0.717) is 25.2 Å². The predicted octanol–water partition coefficient (Wildman–Crippen LogP) is 3.30. The van der Waals surface area contributed by atoms with Crippen LogP contribution in [0.2, 0.25) is 5.02 Å². The number of carbonyl (C=O) groups is 1. The summed E-state index contributed by atoms with van der Waals surface area (Å²) in [6, 6.07) is 11.4. The normalized spacial score (nSPS) is 14.3. The van der Waals surface area contributed by atoms with Crippen LogP contribution in [0.25, 0.3) is 0 Å². The highest BCUT2D eigenvalue weighted by molar-refractivity contribution is 6.30. The number of halogens is 1. The third-order valence-corrected chi connectivity index (χ3v) is 4.41. The van der Waals surface area contributed by atoms with E-state index in [4.69, 9.17) is 11.6 Å². The Labute approximate surface area is 152 Å². The number of rotatable bonds is 5. The molecule has 1 aliphatic heterocycles. The van der Waals surface area contributed by atoms with Gasteiger partial charge in [0.2, 0.25) is 0 Å². The molecule has 0 aliphatic carbocycles. The van der Waals surface area contributed by atoms with Crippen LogP contribution in [0, 0.1) is 0 Å². The summed E-state index contributed by atoms with van der Waals surface area (Å²) in [6.07, 6.45) is 3.39. The zero-order valence-corrected chi connectivity index (χ0v) is 14.7. The summed E-state index contributed by atoms with van der Waals surface area (Å²) in [5.41, 5.74) is 1.71. The van der Waals surface area contributed by atoms with E-state index in [1.165, 1.54) is 0 Å². The van der Waals surface area contributed by atoms with E-state index in [0.717, 1.165) is 29.6 Å². The van der Waals surface area contributed by atoms with Gasteiger partial charge < -0.3 is 15.1 Å². The van der Waals surface area contributed by atoms with Gasteiger partial charge in [0.05, 0.1) is 5.56 Å². The van der Waals surface area contributed by atoms with E-state index in [1.54, 1.807) is 12.3 Å². The molecule has 0 spiro atoms. The quantitative estimate of drug-likeness (QED) is 0.835. The predicted molar refractivity (Wildman–Crippen MR) is 102 cm³/mol. The molecule has 1 aromatic heterocycles. The Balaban J connectivity index is 1.58. The summed E-state index contributed by atoms with van der Waals surface area (Å²) in [5, 5.41) is 3.83. The van der Waals surface area contributed by atoms with Gasteiger partial charge >= 0.3 is 0 Å². The SMILES string of the molecule is C=CCNc1ccc(C(=O)N2CCN(c3cccc(Cl)c3)CC2)cn1. The van der Waals surface area contributed by atoms with Crippen LogP contribution in [0.4, 0.5) is 11.5 Å². The van der Waals surface area contributed by atoms with Crippen LogP contribution in [0.3, 0.4) is 0 Å². The number of nitrogens with zero attached hydrogens (tertiary/aromatic N) is 3. The van der Waals surface area contributed by atoms with Crippen molar-refractivity contribution in [2.45, 2.75) is 0 Å². The molecule has 1 aliphatic rings. The van der Waals surface area contributed by atoms with Crippen LogP contribution in [0.1, 0.15) is 10.4 Å². The molecule has 2 heterocycles. The molecule has 1 N–H and O–H groups in total. The highest BCUT2D eigenvalue weighted by Crippen LogP contribution is 2.21. The van der Waals surface area contributed by atoms with Gasteiger partial charge in [0.15, 0.2) is 0 Å². The van der Waals surface area contributed by atoms with Gasteiger partial charge in [0, 0.05) is 49.6 Å². The van der Waals surface area contributed by atoms with Gasteiger partial charge in [-0.1, -0.05) is 23.7 Å². The summed E-state index contributed by atoms with van der Waals surface area (Å²) >= 11 is 6.06. The fourth-order valence-electron chi connectivity index (χ4n) is 2.82. The van der Waals surface area contributed by atoms with Crippen molar-refractivity contribution in [3.8, 4) is 0 Å². The summed E-state index contributed by atoms with van der Waals surface area (Å²) in [5.74, 6) is 0.760. The Morgan fingerprint density at radius 1 is 1.24 bits per heavy atom. The van der Waals surface area contributed by atoms with Crippen molar-refractivity contribution >= 4 is 29.0 Å². The highest BCUT2D eigenvalue weighted by atomic mass is 35.5. The van der Waals surface area contributed by atoms with Crippen LogP contribution >= 0.6 is 11.6 Å². The molecule has 0 atom stereocenters. The molecule has 2 aromatic rings. The number of hydrogen-bond donors (Lipinski definition) is 1. The van der Waals surface area contributed by atoms with E-state index in [1.807, 2.05) is 41.3 Å². The summed E-state index contributed by atoms with van der Waals surface area (Å²) < 4.78 is 0. The molecular weight excluding hydrogens is 336 g/mol. The number of anilines is 2. The van der Waals surface area contributed by atoms with E-state index in [9.17, 15) is 4.79 Å². The minimum atomic E-state index is 0.0218. The zero-order chi connectivity index (χ0) is 17.6. The second-order valence-electron chi connectivity index (χ2n) is 5.86. The molecule has 1 amide bonds. The number of benzene rings is 1. The van der Waals surface area contributed by atoms with Crippen LogP contribution < -0.4 is 10.2 Å². The standard InChI is InChI=1S/C19H21ClN4O/c1-2-8-21-18-7-6-15(14-22-18)19(25)24-11-9-23(10-12-24)17-5-3-4-16(20)13-17/h2-7,13-14H,1,8-12H2,(H,21,22). The molecule has 0 unspecified atom stereocenters. The first kappa shape index (κ1) is 17.3. The van der Waals surface area contributed by atoms with E-state index in [2.05, 4.69) is 21.8 Å². The van der Waals surface area contributed by atoms with Gasteiger partial charge in [0.1, 0.15) is 5.82 Å². The first-order valence-electron chi connectivity index (χ1n) is 8.28. The molecule has 6 heteroatoms. The van der Waals surface area contributed by atoms with Crippen LogP contribution in [0.15, 0.2) is 55.3 Å². The number of aromatic nitrogens is 1. The van der Waals surface area contributed by atoms with Gasteiger partial charge in [-0.05, 0) is 30.3 Å². The van der Waals surface area contributed by atoms with Gasteiger partial charge in [0.25, 0.3) is 5.91 Å². The number of nitrogens with one attached hydrogen (secondary N) is 1. The summed E-state index contributed by atoms with van der Waals surface area (Å²) in [4.78, 5) is 21.0. The molecular formula is C19H21ClN4O. The van der Waals surface area contributed by atoms with Crippen molar-refractivity contribution in [2.24, 2.45) is 0 Å². The molecule has 1 fully saturated rings. The average Bonchev–Trinajstić information content (AvgIpc) is 2.66. The number of amides is 1. The van der Waals surface area contributed by atoms with Crippen molar-refractivity contribution in [1.29, 1.82) is 0 Å². The van der Waals surface area contributed by atoms with Gasteiger partial charge in [-0.25, -0.2) is 4.98 Å². The lowest BCUT2D eigenvalue weighted by atomic mass is 10.2. The molecule has 0 bridgehead atoms. The molecule has 1 aromatic carbocycles. The Hall–Kier alpha value is -2.53. The lowest BCUT2D eigenvalue weighted by molar-refractivity contribution is 0.0746. The number of pyridine rings is 1. The van der Waals surface area contributed by atoms with Gasteiger partial charge in [-0.3, -0.25) is 4.79 Å². The molecule has 0 radical (unpaired) electrons. The van der Waals surface area contributed by atoms with Gasteiger partial charge in [-0.2, -0.15) is 0 Å². The van der Waals surface area contributed by atoms with Crippen LogP contribution in [0.5, 0.6) is 0 Å². The maximum absolute atomic E-state index is 12.6. The first-order valence-corrected chi connectivity index (χ1v) is 8.66. The lowest BCUT2D eigenvalue weighted by Gasteiger charge is -2.36. The number of carbonyl (C=O) groups excluding carboxylic acids is 1. The average molecular weight is 357 g/mol. The molecule has 0 saturated carbocycles. The minimum absolute atomic E-state index is 0.0218. The number of hydrogen-bond acceptors (Lipinski definition) is 4. The topological polar surface area (TPSA) is 48.5 Å². The Morgan fingerprint density at radius 3 is 2.68 bits per heavy atom. The van der Waals surface area contributed by atoms with Crippen LogP contribution in [-0.4, -0.2) is 48.5 Å². The monoisotopic (exact) mass is 356 g/mol. The Bertz CT molecular complexity index is 739. The molecule has 1 saturated heterocycles. The van der Waals surface area contributed by atoms with Crippen molar-refractivity contribution in [3.63, 3.8) is 0 Å². The van der Waals surface area contributed by atoms with E-state index >= 15 is 0 Å². The molecule has 25 heavy (non-hydrogen) atoms. The lowest BCUT2D eigenvalue weighted by Crippen LogP contribution is -2.48. The Morgan fingerprint density at radius 2 is 2.04 bits per heavy atom. The number of piperazine rings is 1. The van der Waals surface area contributed by atoms with Crippen LogP contribution in [-0.2, 0) is 0 Å². The third kappa shape index (κ3) is 4.31. The fraction of sp³-hybridized carbons (Fsp3) is 0.263. The molecule has 5 nitrogen and oxygen atoms in total. The molecule has 3 rings (SSSR count). The fourth-order valence-corrected chi connectivity index (χ4v) is 3.01. The van der Waals surface area contributed by atoms with Crippen molar-refractivity contribution in [3.05, 3.63) is 65.8 Å². The maximum Gasteiger partial charge on any atom is 0.255 e. The third-order valence-electron chi connectivity index (χ3n) is 4.18. The maximum atomic E-state index is 12.6. The molecule has 130 valence electrons. The minimum Gasteiger partial charge on any atom is -0.368 e. The second kappa shape index (κ2) is 8.03. The second-order valence-corrected chi connectivity index (χ2v) is 6.30. The largest absolute Gasteiger partial charge is 0.368 e. The van der Waals surface area contributed by atoms with E-state index in [-0.39, 0.29) is 5.91 Å². The summed E-state index contributed by atoms with van der Waals surface area (Å²) in [6.45, 7) is 7.24. The van der Waals surface area contributed by atoms with Crippen molar-refractivity contribution < 1.29 is 4.79 Å².